The first kappa shape index (κ1) is 15.3. The Labute approximate surface area is 132 Å². The predicted molar refractivity (Wildman–Crippen MR) is 88.2 cm³/mol. The van der Waals surface area contributed by atoms with Crippen LogP contribution in [0.25, 0.3) is 0 Å². The Morgan fingerprint density at radius 3 is 3.00 bits per heavy atom. The number of hydrogen-bond acceptors (Lipinski definition) is 4. The molecule has 0 spiro atoms. The van der Waals surface area contributed by atoms with E-state index in [0.29, 0.717) is 30.2 Å². The first-order valence-corrected chi connectivity index (χ1v) is 8.55. The number of esters is 1. The Hall–Kier alpha value is -1.55. The van der Waals surface area contributed by atoms with Crippen LogP contribution in [-0.2, 0) is 4.74 Å². The van der Waals surface area contributed by atoms with E-state index in [2.05, 4.69) is 10.6 Å². The maximum absolute atomic E-state index is 11.8. The Morgan fingerprint density at radius 2 is 2.23 bits per heavy atom. The van der Waals surface area contributed by atoms with Crippen LogP contribution in [0.2, 0.25) is 0 Å². The second kappa shape index (κ2) is 7.14. The van der Waals surface area contributed by atoms with Gasteiger partial charge in [-0.15, -0.1) is 0 Å². The molecule has 4 heteroatoms. The molecule has 2 N–H and O–H groups in total. The molecule has 2 fully saturated rings. The molecule has 0 aromatic heterocycles. The predicted octanol–water partition coefficient (Wildman–Crippen LogP) is 3.20. The minimum Gasteiger partial charge on any atom is -0.462 e. The number of ether oxygens (including phenoxy) is 1. The summed E-state index contributed by atoms with van der Waals surface area (Å²) in [5, 5.41) is 7.30. The number of nitrogens with one attached hydrogen (secondary N) is 2. The molecule has 1 heterocycles. The van der Waals surface area contributed by atoms with Gasteiger partial charge in [0.1, 0.15) is 0 Å². The largest absolute Gasteiger partial charge is 0.462 e. The standard InChI is InChI=1S/C18H26N2O2/c1-2-22-18(21)13-6-3-7-14(12-13)20-17-9-4-8-15(17)16-10-5-11-19-16/h3,6-7,12,15-17,19-20H,2,4-5,8-11H2,1H3. The molecule has 120 valence electrons. The smallest absolute Gasteiger partial charge is 0.338 e. The zero-order valence-corrected chi connectivity index (χ0v) is 13.3. The molecular weight excluding hydrogens is 276 g/mol. The van der Waals surface area contributed by atoms with E-state index in [1.54, 1.807) is 0 Å². The Bertz CT molecular complexity index is 512. The van der Waals surface area contributed by atoms with Gasteiger partial charge in [0.15, 0.2) is 0 Å². The third-order valence-electron chi connectivity index (χ3n) is 4.91. The van der Waals surface area contributed by atoms with Gasteiger partial charge in [0.2, 0.25) is 0 Å². The van der Waals surface area contributed by atoms with Gasteiger partial charge >= 0.3 is 5.97 Å². The highest BCUT2D eigenvalue weighted by Crippen LogP contribution is 2.34. The van der Waals surface area contributed by atoms with Crippen molar-refractivity contribution in [2.75, 3.05) is 18.5 Å². The van der Waals surface area contributed by atoms with Crippen molar-refractivity contribution in [2.24, 2.45) is 5.92 Å². The third kappa shape index (κ3) is 3.43. The van der Waals surface area contributed by atoms with Gasteiger partial charge in [-0.2, -0.15) is 0 Å². The van der Waals surface area contributed by atoms with Gasteiger partial charge in [0, 0.05) is 17.8 Å². The maximum Gasteiger partial charge on any atom is 0.338 e. The molecule has 0 amide bonds. The number of benzene rings is 1. The molecule has 1 aromatic rings. The number of hydrogen-bond donors (Lipinski definition) is 2. The fraction of sp³-hybridized carbons (Fsp3) is 0.611. The van der Waals surface area contributed by atoms with Crippen LogP contribution < -0.4 is 10.6 Å². The minimum atomic E-state index is -0.244. The molecule has 3 atom stereocenters. The summed E-state index contributed by atoms with van der Waals surface area (Å²) in [6.07, 6.45) is 6.40. The van der Waals surface area contributed by atoms with E-state index in [4.69, 9.17) is 4.74 Å². The van der Waals surface area contributed by atoms with Crippen LogP contribution in [0.1, 0.15) is 49.4 Å². The number of carbonyl (C=O) groups excluding carboxylic acids is 1. The maximum atomic E-state index is 11.8. The first-order chi connectivity index (χ1) is 10.8. The average molecular weight is 302 g/mol. The van der Waals surface area contributed by atoms with Crippen LogP contribution in [0.5, 0.6) is 0 Å². The fourth-order valence-electron chi connectivity index (χ4n) is 3.89. The van der Waals surface area contributed by atoms with Gasteiger partial charge in [-0.3, -0.25) is 0 Å². The van der Waals surface area contributed by atoms with Crippen molar-refractivity contribution in [3.63, 3.8) is 0 Å². The molecule has 1 aliphatic heterocycles. The van der Waals surface area contributed by atoms with Crippen LogP contribution in [0, 0.1) is 5.92 Å². The van der Waals surface area contributed by atoms with E-state index in [0.717, 1.165) is 12.2 Å². The van der Waals surface area contributed by atoms with Crippen LogP contribution in [0.3, 0.4) is 0 Å². The molecule has 0 radical (unpaired) electrons. The van der Waals surface area contributed by atoms with E-state index in [1.165, 1.54) is 32.1 Å². The topological polar surface area (TPSA) is 50.4 Å². The van der Waals surface area contributed by atoms with Crippen molar-refractivity contribution in [2.45, 2.75) is 51.1 Å². The normalized spacial score (nSPS) is 27.8. The van der Waals surface area contributed by atoms with E-state index in [1.807, 2.05) is 31.2 Å². The van der Waals surface area contributed by atoms with Crippen LogP contribution in [0.15, 0.2) is 24.3 Å². The lowest BCUT2D eigenvalue weighted by molar-refractivity contribution is 0.0526. The molecule has 0 bridgehead atoms. The summed E-state index contributed by atoms with van der Waals surface area (Å²) >= 11 is 0. The summed E-state index contributed by atoms with van der Waals surface area (Å²) in [4.78, 5) is 11.8. The van der Waals surface area contributed by atoms with E-state index >= 15 is 0 Å². The van der Waals surface area contributed by atoms with E-state index < -0.39 is 0 Å². The Morgan fingerprint density at radius 1 is 1.32 bits per heavy atom. The molecule has 2 aliphatic rings. The van der Waals surface area contributed by atoms with E-state index in [-0.39, 0.29) is 5.97 Å². The SMILES string of the molecule is CCOC(=O)c1cccc(NC2CCCC2C2CCCN2)c1. The van der Waals surface area contributed by atoms with Crippen molar-refractivity contribution in [1.29, 1.82) is 0 Å². The molecular formula is C18H26N2O2. The molecule has 22 heavy (non-hydrogen) atoms. The average Bonchev–Trinajstić information content (AvgIpc) is 3.18. The molecule has 3 rings (SSSR count). The molecule has 3 unspecified atom stereocenters. The molecule has 4 nitrogen and oxygen atoms in total. The first-order valence-electron chi connectivity index (χ1n) is 8.55. The molecule has 1 saturated carbocycles. The highest BCUT2D eigenvalue weighted by atomic mass is 16.5. The summed E-state index contributed by atoms with van der Waals surface area (Å²) < 4.78 is 5.08. The lowest BCUT2D eigenvalue weighted by Crippen LogP contribution is -2.38. The fourth-order valence-corrected chi connectivity index (χ4v) is 3.89. The summed E-state index contributed by atoms with van der Waals surface area (Å²) in [6, 6.07) is 8.86. The van der Waals surface area contributed by atoms with Gasteiger partial charge < -0.3 is 15.4 Å². The van der Waals surface area contributed by atoms with Gasteiger partial charge in [-0.05, 0) is 63.3 Å². The summed E-state index contributed by atoms with van der Waals surface area (Å²) in [5.74, 6) is 0.459. The quantitative estimate of drug-likeness (QED) is 0.820. The van der Waals surface area contributed by atoms with Crippen LogP contribution in [0.4, 0.5) is 5.69 Å². The third-order valence-corrected chi connectivity index (χ3v) is 4.91. The number of rotatable bonds is 5. The van der Waals surface area contributed by atoms with E-state index in [9.17, 15) is 4.79 Å². The van der Waals surface area contributed by atoms with Gasteiger partial charge in [0.25, 0.3) is 0 Å². The lowest BCUT2D eigenvalue weighted by atomic mass is 9.93. The highest BCUT2D eigenvalue weighted by Gasteiger charge is 2.34. The van der Waals surface area contributed by atoms with Crippen molar-refractivity contribution < 1.29 is 9.53 Å². The van der Waals surface area contributed by atoms with Gasteiger partial charge in [-0.1, -0.05) is 12.5 Å². The van der Waals surface area contributed by atoms with Crippen LogP contribution in [-0.4, -0.2) is 31.2 Å². The van der Waals surface area contributed by atoms with Gasteiger partial charge in [0.05, 0.1) is 12.2 Å². The number of carbonyl (C=O) groups is 1. The minimum absolute atomic E-state index is 0.244. The second-order valence-electron chi connectivity index (χ2n) is 6.35. The zero-order chi connectivity index (χ0) is 15.4. The molecule has 1 aliphatic carbocycles. The van der Waals surface area contributed by atoms with Crippen molar-refractivity contribution in [3.05, 3.63) is 29.8 Å². The summed E-state index contributed by atoms with van der Waals surface area (Å²) in [7, 11) is 0. The highest BCUT2D eigenvalue weighted by molar-refractivity contribution is 5.90. The van der Waals surface area contributed by atoms with Crippen molar-refractivity contribution >= 4 is 11.7 Å². The molecule has 1 aromatic carbocycles. The lowest BCUT2D eigenvalue weighted by Gasteiger charge is -2.27. The Balaban J connectivity index is 1.67. The van der Waals surface area contributed by atoms with Crippen molar-refractivity contribution in [3.8, 4) is 0 Å². The summed E-state index contributed by atoms with van der Waals surface area (Å²) in [6.45, 7) is 3.40. The Kier molecular flexibility index (Phi) is 4.98. The molecule has 1 saturated heterocycles. The monoisotopic (exact) mass is 302 g/mol. The zero-order valence-electron chi connectivity index (χ0n) is 13.3. The van der Waals surface area contributed by atoms with Crippen molar-refractivity contribution in [1.82, 2.24) is 5.32 Å². The summed E-state index contributed by atoms with van der Waals surface area (Å²) in [5.41, 5.74) is 1.65. The second-order valence-corrected chi connectivity index (χ2v) is 6.35. The number of anilines is 1. The van der Waals surface area contributed by atoms with Gasteiger partial charge in [-0.25, -0.2) is 4.79 Å². The van der Waals surface area contributed by atoms with Crippen LogP contribution >= 0.6 is 0 Å².